The van der Waals surface area contributed by atoms with E-state index in [1.807, 2.05) is 30.3 Å². The van der Waals surface area contributed by atoms with Crippen LogP contribution in [0.4, 0.5) is 0 Å². The summed E-state index contributed by atoms with van der Waals surface area (Å²) in [6.07, 6.45) is 1.58. The molecule has 1 rings (SSSR count). The van der Waals surface area contributed by atoms with Gasteiger partial charge in [-0.25, -0.2) is 0 Å². The fourth-order valence-electron chi connectivity index (χ4n) is 1.38. The largest absolute Gasteiger partial charge is 0.314 e. The van der Waals surface area contributed by atoms with Crippen molar-refractivity contribution in [1.29, 1.82) is 0 Å². The zero-order valence-corrected chi connectivity index (χ0v) is 10.6. The third kappa shape index (κ3) is 3.22. The second-order valence-electron chi connectivity index (χ2n) is 3.62. The molecule has 1 nitrogen and oxygen atoms in total. The van der Waals surface area contributed by atoms with Gasteiger partial charge in [0.05, 0.1) is 0 Å². The molecule has 1 aromatic rings. The van der Waals surface area contributed by atoms with E-state index >= 15 is 0 Å². The van der Waals surface area contributed by atoms with Crippen molar-refractivity contribution in [2.45, 2.75) is 12.8 Å². The summed E-state index contributed by atoms with van der Waals surface area (Å²) in [5, 5.41) is 1.69. The Morgan fingerprint density at radius 2 is 2.00 bits per heavy atom. The number of rotatable bonds is 5. The number of alkyl halides is 1. The van der Waals surface area contributed by atoms with E-state index < -0.39 is 7.14 Å². The normalized spacial score (nSPS) is 14.5. The van der Waals surface area contributed by atoms with E-state index in [1.165, 1.54) is 0 Å². The fraction of sp³-hybridized carbons (Fsp3) is 0.333. The number of halogens is 1. The standard InChI is InChI=1S/C12H16ClOP/c1-11(7-6-10-13)15(2,14)12-8-4-3-5-9-12/h3-5,8-9H,1,6-7,10H2,2H3/t15-/m0/s1. The minimum Gasteiger partial charge on any atom is -0.314 e. The molecular weight excluding hydrogens is 227 g/mol. The molecule has 0 bridgehead atoms. The summed E-state index contributed by atoms with van der Waals surface area (Å²) in [6, 6.07) is 9.52. The maximum Gasteiger partial charge on any atom is 0.135 e. The van der Waals surface area contributed by atoms with Crippen molar-refractivity contribution < 1.29 is 4.57 Å². The molecule has 1 atom stereocenters. The van der Waals surface area contributed by atoms with Gasteiger partial charge in [-0.2, -0.15) is 0 Å². The van der Waals surface area contributed by atoms with Crippen LogP contribution in [-0.4, -0.2) is 12.5 Å². The summed E-state index contributed by atoms with van der Waals surface area (Å²) < 4.78 is 12.5. The topological polar surface area (TPSA) is 17.1 Å². The molecular formula is C12H16ClOP. The first-order valence-electron chi connectivity index (χ1n) is 4.96. The molecule has 0 amide bonds. The van der Waals surface area contributed by atoms with Gasteiger partial charge in [0.25, 0.3) is 0 Å². The van der Waals surface area contributed by atoms with Crippen LogP contribution in [0.5, 0.6) is 0 Å². The van der Waals surface area contributed by atoms with Crippen molar-refractivity contribution in [3.8, 4) is 0 Å². The molecule has 0 N–H and O–H groups in total. The minimum absolute atomic E-state index is 0.591. The van der Waals surface area contributed by atoms with Crippen molar-refractivity contribution >= 4 is 24.0 Å². The average Bonchev–Trinajstić information content (AvgIpc) is 2.27. The smallest absolute Gasteiger partial charge is 0.135 e. The first-order valence-corrected chi connectivity index (χ1v) is 7.65. The minimum atomic E-state index is -2.42. The molecule has 0 spiro atoms. The van der Waals surface area contributed by atoms with Crippen molar-refractivity contribution in [3.63, 3.8) is 0 Å². The van der Waals surface area contributed by atoms with Crippen LogP contribution in [0.3, 0.4) is 0 Å². The lowest BCUT2D eigenvalue weighted by Gasteiger charge is -2.15. The summed E-state index contributed by atoms with van der Waals surface area (Å²) in [7, 11) is -2.42. The lowest BCUT2D eigenvalue weighted by molar-refractivity contribution is 0.587. The monoisotopic (exact) mass is 242 g/mol. The lowest BCUT2D eigenvalue weighted by atomic mass is 10.3. The van der Waals surface area contributed by atoms with Gasteiger partial charge in [-0.05, 0) is 24.8 Å². The van der Waals surface area contributed by atoms with Crippen LogP contribution in [0.1, 0.15) is 12.8 Å². The van der Waals surface area contributed by atoms with Gasteiger partial charge < -0.3 is 4.57 Å². The van der Waals surface area contributed by atoms with Gasteiger partial charge >= 0.3 is 0 Å². The van der Waals surface area contributed by atoms with Crippen LogP contribution in [0, 0.1) is 0 Å². The molecule has 0 saturated carbocycles. The van der Waals surface area contributed by atoms with Crippen LogP contribution < -0.4 is 5.30 Å². The highest BCUT2D eigenvalue weighted by atomic mass is 35.5. The summed E-state index contributed by atoms with van der Waals surface area (Å²) >= 11 is 5.61. The zero-order chi connectivity index (χ0) is 11.3. The van der Waals surface area contributed by atoms with Gasteiger partial charge in [0, 0.05) is 11.2 Å². The summed E-state index contributed by atoms with van der Waals surface area (Å²) in [6.45, 7) is 5.70. The summed E-state index contributed by atoms with van der Waals surface area (Å²) in [4.78, 5) is 0. The SMILES string of the molecule is C=C(CCCCl)[P@](C)(=O)c1ccccc1. The number of hydrogen-bond donors (Lipinski definition) is 0. The first-order chi connectivity index (χ1) is 7.09. The molecule has 0 aromatic heterocycles. The molecule has 0 aliphatic rings. The quantitative estimate of drug-likeness (QED) is 0.566. The van der Waals surface area contributed by atoms with Gasteiger partial charge in [0.2, 0.25) is 0 Å². The Bertz CT molecular complexity index is 372. The first kappa shape index (κ1) is 12.5. The lowest BCUT2D eigenvalue weighted by Crippen LogP contribution is -2.04. The van der Waals surface area contributed by atoms with Crippen LogP contribution >= 0.6 is 18.7 Å². The second kappa shape index (κ2) is 5.53. The van der Waals surface area contributed by atoms with Crippen molar-refractivity contribution in [3.05, 3.63) is 42.2 Å². The van der Waals surface area contributed by atoms with E-state index in [9.17, 15) is 4.57 Å². The predicted molar refractivity (Wildman–Crippen MR) is 68.7 cm³/mol. The van der Waals surface area contributed by atoms with E-state index in [0.717, 1.165) is 23.5 Å². The van der Waals surface area contributed by atoms with E-state index in [1.54, 1.807) is 6.66 Å². The molecule has 82 valence electrons. The van der Waals surface area contributed by atoms with Crippen LogP contribution in [0.15, 0.2) is 42.2 Å². The van der Waals surface area contributed by atoms with Crippen molar-refractivity contribution in [2.75, 3.05) is 12.5 Å². The number of hydrogen-bond acceptors (Lipinski definition) is 1. The molecule has 0 aliphatic heterocycles. The Hall–Kier alpha value is -0.520. The number of allylic oxidation sites excluding steroid dienone is 1. The Balaban J connectivity index is 2.84. The van der Waals surface area contributed by atoms with Gasteiger partial charge in [-0.1, -0.05) is 36.9 Å². The van der Waals surface area contributed by atoms with E-state index in [-0.39, 0.29) is 0 Å². The Kier molecular flexibility index (Phi) is 4.63. The van der Waals surface area contributed by atoms with Crippen molar-refractivity contribution in [2.24, 2.45) is 0 Å². The maximum absolute atomic E-state index is 12.5. The average molecular weight is 243 g/mol. The van der Waals surface area contributed by atoms with Crippen LogP contribution in [0.25, 0.3) is 0 Å². The Morgan fingerprint density at radius 1 is 1.40 bits per heavy atom. The van der Waals surface area contributed by atoms with Crippen LogP contribution in [0.2, 0.25) is 0 Å². The van der Waals surface area contributed by atoms with Crippen LogP contribution in [-0.2, 0) is 4.57 Å². The zero-order valence-electron chi connectivity index (χ0n) is 8.95. The molecule has 0 aliphatic carbocycles. The highest BCUT2D eigenvalue weighted by molar-refractivity contribution is 7.74. The third-order valence-electron chi connectivity index (χ3n) is 2.45. The van der Waals surface area contributed by atoms with Gasteiger partial charge in [0.1, 0.15) is 7.14 Å². The van der Waals surface area contributed by atoms with Crippen molar-refractivity contribution in [1.82, 2.24) is 0 Å². The van der Waals surface area contributed by atoms with E-state index in [0.29, 0.717) is 5.88 Å². The molecule has 3 heteroatoms. The van der Waals surface area contributed by atoms with Gasteiger partial charge in [-0.3, -0.25) is 0 Å². The molecule has 0 heterocycles. The molecule has 1 aromatic carbocycles. The third-order valence-corrected chi connectivity index (χ3v) is 5.43. The fourth-order valence-corrected chi connectivity index (χ4v) is 3.20. The summed E-state index contributed by atoms with van der Waals surface area (Å²) in [5.41, 5.74) is 0. The predicted octanol–water partition coefficient (Wildman–Crippen LogP) is 3.84. The highest BCUT2D eigenvalue weighted by Crippen LogP contribution is 2.49. The second-order valence-corrected chi connectivity index (χ2v) is 6.99. The maximum atomic E-state index is 12.5. The van der Waals surface area contributed by atoms with E-state index in [4.69, 9.17) is 11.6 Å². The Labute approximate surface area is 96.5 Å². The summed E-state index contributed by atoms with van der Waals surface area (Å²) in [5.74, 6) is 0.591. The molecule has 0 fully saturated rings. The van der Waals surface area contributed by atoms with E-state index in [2.05, 4.69) is 6.58 Å². The number of benzene rings is 1. The van der Waals surface area contributed by atoms with Gasteiger partial charge in [-0.15, -0.1) is 11.6 Å². The molecule has 0 unspecified atom stereocenters. The highest BCUT2D eigenvalue weighted by Gasteiger charge is 2.21. The molecule has 0 saturated heterocycles. The molecule has 0 radical (unpaired) electrons. The van der Waals surface area contributed by atoms with Gasteiger partial charge in [0.15, 0.2) is 0 Å². The molecule has 15 heavy (non-hydrogen) atoms. The Morgan fingerprint density at radius 3 is 2.53 bits per heavy atom.